The highest BCUT2D eigenvalue weighted by Crippen LogP contribution is 2.18. The van der Waals surface area contributed by atoms with E-state index in [9.17, 15) is 4.79 Å². The van der Waals surface area contributed by atoms with Crippen LogP contribution < -0.4 is 5.73 Å². The minimum Gasteiger partial charge on any atom is -0.338 e. The Morgan fingerprint density at radius 1 is 1.40 bits per heavy atom. The summed E-state index contributed by atoms with van der Waals surface area (Å²) in [4.78, 5) is 16.3. The molecule has 0 aromatic heterocycles. The van der Waals surface area contributed by atoms with Gasteiger partial charge in [-0.15, -0.1) is 0 Å². The Morgan fingerprint density at radius 2 is 2.15 bits per heavy atom. The molecule has 0 radical (unpaired) electrons. The normalized spacial score (nSPS) is 19.8. The number of amides is 1. The third-order valence-corrected chi connectivity index (χ3v) is 4.01. The summed E-state index contributed by atoms with van der Waals surface area (Å²) in [6.45, 7) is 5.92. The van der Waals surface area contributed by atoms with Gasteiger partial charge in [-0.2, -0.15) is 0 Å². The smallest absolute Gasteiger partial charge is 0.236 e. The summed E-state index contributed by atoms with van der Waals surface area (Å²) in [6.07, 6.45) is 2.23. The van der Waals surface area contributed by atoms with Gasteiger partial charge in [0.2, 0.25) is 5.91 Å². The third-order valence-electron chi connectivity index (χ3n) is 4.01. The molecular formula is C16H25N3O. The molecule has 0 aliphatic carbocycles. The Kier molecular flexibility index (Phi) is 5.56. The van der Waals surface area contributed by atoms with Crippen molar-refractivity contribution in [3.05, 3.63) is 35.9 Å². The molecule has 1 aromatic carbocycles. The molecule has 1 heterocycles. The minimum absolute atomic E-state index is 0.0686. The van der Waals surface area contributed by atoms with Gasteiger partial charge in [0.15, 0.2) is 0 Å². The molecule has 110 valence electrons. The Hall–Kier alpha value is -1.39. The maximum Gasteiger partial charge on any atom is 0.236 e. The van der Waals surface area contributed by atoms with Crippen molar-refractivity contribution in [1.29, 1.82) is 0 Å². The van der Waals surface area contributed by atoms with Crippen LogP contribution in [0.4, 0.5) is 0 Å². The van der Waals surface area contributed by atoms with Crippen LogP contribution in [0.15, 0.2) is 30.3 Å². The Bertz CT molecular complexity index is 421. The molecule has 2 rings (SSSR count). The van der Waals surface area contributed by atoms with Crippen LogP contribution in [0.1, 0.15) is 25.3 Å². The number of likely N-dealkylation sites (N-methyl/N-ethyl adjacent to an activating group) is 1. The van der Waals surface area contributed by atoms with Crippen LogP contribution in [-0.2, 0) is 11.3 Å². The predicted octanol–water partition coefficient (Wildman–Crippen LogP) is 1.46. The number of rotatable bonds is 5. The number of hydrogen-bond donors (Lipinski definition) is 1. The largest absolute Gasteiger partial charge is 0.338 e. The average Bonchev–Trinajstić information content (AvgIpc) is 2.49. The van der Waals surface area contributed by atoms with Gasteiger partial charge in [-0.05, 0) is 31.9 Å². The van der Waals surface area contributed by atoms with E-state index in [4.69, 9.17) is 5.73 Å². The fourth-order valence-corrected chi connectivity index (χ4v) is 3.03. The van der Waals surface area contributed by atoms with Crippen molar-refractivity contribution in [2.45, 2.75) is 32.4 Å². The molecule has 0 unspecified atom stereocenters. The fourth-order valence-electron chi connectivity index (χ4n) is 3.03. The van der Waals surface area contributed by atoms with Crippen LogP contribution in [0.25, 0.3) is 0 Å². The number of carbonyl (C=O) groups excluding carboxylic acids is 1. The quantitative estimate of drug-likeness (QED) is 0.885. The fraction of sp³-hybridized carbons (Fsp3) is 0.562. The van der Waals surface area contributed by atoms with Crippen molar-refractivity contribution in [2.24, 2.45) is 5.73 Å². The van der Waals surface area contributed by atoms with Crippen LogP contribution in [-0.4, -0.2) is 47.9 Å². The lowest BCUT2D eigenvalue weighted by Gasteiger charge is -2.39. The number of hydrogen-bond acceptors (Lipinski definition) is 3. The maximum atomic E-state index is 11.9. The van der Waals surface area contributed by atoms with E-state index in [1.165, 1.54) is 5.56 Å². The maximum absolute atomic E-state index is 11.9. The molecule has 0 bridgehead atoms. The summed E-state index contributed by atoms with van der Waals surface area (Å²) in [5.41, 5.74) is 6.84. The SMILES string of the molecule is CCN(C(=O)CN)[C@H]1CCCN(Cc2ccccc2)C1. The third kappa shape index (κ3) is 3.81. The van der Waals surface area contributed by atoms with Crippen molar-refractivity contribution in [2.75, 3.05) is 26.2 Å². The topological polar surface area (TPSA) is 49.6 Å². The lowest BCUT2D eigenvalue weighted by molar-refractivity contribution is -0.132. The van der Waals surface area contributed by atoms with Gasteiger partial charge in [0.25, 0.3) is 0 Å². The highest BCUT2D eigenvalue weighted by molar-refractivity contribution is 5.78. The molecule has 1 aromatic rings. The van der Waals surface area contributed by atoms with Gasteiger partial charge in [-0.3, -0.25) is 9.69 Å². The van der Waals surface area contributed by atoms with Gasteiger partial charge < -0.3 is 10.6 Å². The van der Waals surface area contributed by atoms with Crippen molar-refractivity contribution in [1.82, 2.24) is 9.80 Å². The standard InChI is InChI=1S/C16H25N3O/c1-2-19(16(20)11-17)15-9-6-10-18(13-15)12-14-7-4-3-5-8-14/h3-5,7-8,15H,2,6,9-13,17H2,1H3/t15-/m0/s1. The first-order valence-corrected chi connectivity index (χ1v) is 7.50. The van der Waals surface area contributed by atoms with Crippen LogP contribution >= 0.6 is 0 Å². The van der Waals surface area contributed by atoms with E-state index in [0.29, 0.717) is 6.04 Å². The first kappa shape index (κ1) is 15.0. The lowest BCUT2D eigenvalue weighted by atomic mass is 10.0. The summed E-state index contributed by atoms with van der Waals surface area (Å²) in [5.74, 6) is 0.0686. The predicted molar refractivity (Wildman–Crippen MR) is 81.2 cm³/mol. The molecule has 1 aliphatic rings. The summed E-state index contributed by atoms with van der Waals surface area (Å²) in [5, 5.41) is 0. The summed E-state index contributed by atoms with van der Waals surface area (Å²) >= 11 is 0. The molecule has 0 saturated carbocycles. The van der Waals surface area contributed by atoms with E-state index in [0.717, 1.165) is 39.0 Å². The number of nitrogens with zero attached hydrogens (tertiary/aromatic N) is 2. The van der Waals surface area contributed by atoms with E-state index in [2.05, 4.69) is 29.2 Å². The molecule has 2 N–H and O–H groups in total. The van der Waals surface area contributed by atoms with Crippen LogP contribution in [0.2, 0.25) is 0 Å². The van der Waals surface area contributed by atoms with E-state index >= 15 is 0 Å². The molecule has 20 heavy (non-hydrogen) atoms. The Labute approximate surface area is 121 Å². The second-order valence-corrected chi connectivity index (χ2v) is 5.40. The lowest BCUT2D eigenvalue weighted by Crippen LogP contribution is -2.51. The first-order chi connectivity index (χ1) is 9.74. The van der Waals surface area contributed by atoms with Gasteiger partial charge in [-0.1, -0.05) is 30.3 Å². The zero-order chi connectivity index (χ0) is 14.4. The average molecular weight is 275 g/mol. The first-order valence-electron chi connectivity index (χ1n) is 7.50. The van der Waals surface area contributed by atoms with E-state index < -0.39 is 0 Å². The molecule has 1 aliphatic heterocycles. The number of nitrogens with two attached hydrogens (primary N) is 1. The van der Waals surface area contributed by atoms with Gasteiger partial charge in [0.05, 0.1) is 6.54 Å². The van der Waals surface area contributed by atoms with Crippen molar-refractivity contribution >= 4 is 5.91 Å². The molecule has 1 fully saturated rings. The van der Waals surface area contributed by atoms with E-state index in [-0.39, 0.29) is 12.5 Å². The molecule has 1 atom stereocenters. The second kappa shape index (κ2) is 7.41. The molecule has 4 heteroatoms. The zero-order valence-electron chi connectivity index (χ0n) is 12.3. The van der Waals surface area contributed by atoms with Gasteiger partial charge in [0, 0.05) is 25.7 Å². The molecule has 4 nitrogen and oxygen atoms in total. The molecule has 1 amide bonds. The second-order valence-electron chi connectivity index (χ2n) is 5.40. The molecule has 1 saturated heterocycles. The minimum atomic E-state index is 0.0686. The number of benzene rings is 1. The van der Waals surface area contributed by atoms with Gasteiger partial charge >= 0.3 is 0 Å². The summed E-state index contributed by atoms with van der Waals surface area (Å²) < 4.78 is 0. The summed E-state index contributed by atoms with van der Waals surface area (Å²) in [7, 11) is 0. The van der Waals surface area contributed by atoms with Gasteiger partial charge in [-0.25, -0.2) is 0 Å². The van der Waals surface area contributed by atoms with Crippen LogP contribution in [0, 0.1) is 0 Å². The zero-order valence-corrected chi connectivity index (χ0v) is 12.3. The van der Waals surface area contributed by atoms with Gasteiger partial charge in [0.1, 0.15) is 0 Å². The van der Waals surface area contributed by atoms with E-state index in [1.807, 2.05) is 17.9 Å². The monoisotopic (exact) mass is 275 g/mol. The number of likely N-dealkylation sites (tertiary alicyclic amines) is 1. The Morgan fingerprint density at radius 3 is 2.80 bits per heavy atom. The van der Waals surface area contributed by atoms with Crippen molar-refractivity contribution in [3.63, 3.8) is 0 Å². The van der Waals surface area contributed by atoms with E-state index in [1.54, 1.807) is 0 Å². The molecular weight excluding hydrogens is 250 g/mol. The highest BCUT2D eigenvalue weighted by atomic mass is 16.2. The highest BCUT2D eigenvalue weighted by Gasteiger charge is 2.26. The van der Waals surface area contributed by atoms with Crippen LogP contribution in [0.5, 0.6) is 0 Å². The van der Waals surface area contributed by atoms with Crippen molar-refractivity contribution < 1.29 is 4.79 Å². The van der Waals surface area contributed by atoms with Crippen molar-refractivity contribution in [3.8, 4) is 0 Å². The van der Waals surface area contributed by atoms with Crippen LogP contribution in [0.3, 0.4) is 0 Å². The number of piperidine rings is 1. The molecule has 0 spiro atoms. The Balaban J connectivity index is 1.96. The summed E-state index contributed by atoms with van der Waals surface area (Å²) in [6, 6.07) is 10.8. The number of carbonyl (C=O) groups is 1.